The minimum Gasteiger partial charge on any atom is -0.321 e. The van der Waals surface area contributed by atoms with E-state index in [0.29, 0.717) is 21.9 Å². The summed E-state index contributed by atoms with van der Waals surface area (Å²) in [6, 6.07) is 13.0. The van der Waals surface area contributed by atoms with E-state index in [1.807, 2.05) is 35.0 Å². The largest absolute Gasteiger partial charge is 0.321 e. The topological polar surface area (TPSA) is 98.5 Å². The first kappa shape index (κ1) is 14.8. The Morgan fingerprint density at radius 2 is 1.92 bits per heavy atom. The zero-order valence-corrected chi connectivity index (χ0v) is 13.3. The number of nitrogens with zero attached hydrogens (tertiary/aromatic N) is 6. The van der Waals surface area contributed by atoms with Crippen LogP contribution in [0.4, 0.5) is 5.69 Å². The number of anilines is 1. The summed E-state index contributed by atoms with van der Waals surface area (Å²) in [5.41, 5.74) is 0.969. The monoisotopic (exact) mass is 339 g/mol. The van der Waals surface area contributed by atoms with Crippen LogP contribution >= 0.6 is 11.8 Å². The number of nitrogens with one attached hydrogen (secondary N) is 1. The van der Waals surface area contributed by atoms with E-state index >= 15 is 0 Å². The van der Waals surface area contributed by atoms with Crippen LogP contribution in [-0.4, -0.2) is 36.3 Å². The number of hydrogen-bond donors (Lipinski definition) is 1. The van der Waals surface area contributed by atoms with Crippen molar-refractivity contribution in [2.24, 2.45) is 0 Å². The Kier molecular flexibility index (Phi) is 3.91. The lowest BCUT2D eigenvalue weighted by molar-refractivity contribution is 0.102. The lowest BCUT2D eigenvalue weighted by atomic mass is 10.3. The number of carbonyl (C=O) groups is 1. The van der Waals surface area contributed by atoms with Crippen LogP contribution in [0.25, 0.3) is 0 Å². The number of para-hydroxylation sites is 1. The third kappa shape index (κ3) is 3.25. The third-order valence-corrected chi connectivity index (χ3v) is 4.33. The molecule has 2 aromatic heterocycles. The van der Waals surface area contributed by atoms with Gasteiger partial charge in [0.2, 0.25) is 5.16 Å². The van der Waals surface area contributed by atoms with Crippen molar-refractivity contribution in [2.45, 2.75) is 29.1 Å². The van der Waals surface area contributed by atoms with E-state index < -0.39 is 0 Å². The third-order valence-electron chi connectivity index (χ3n) is 3.46. The minimum atomic E-state index is -0.298. The van der Waals surface area contributed by atoms with E-state index in [2.05, 4.69) is 31.0 Å². The fourth-order valence-electron chi connectivity index (χ4n) is 2.11. The summed E-state index contributed by atoms with van der Waals surface area (Å²) >= 11 is 1.34. The average Bonchev–Trinajstić information content (AvgIpc) is 3.36. The van der Waals surface area contributed by atoms with Gasteiger partial charge in [-0.05, 0) is 59.3 Å². The first-order valence-corrected chi connectivity index (χ1v) is 8.27. The highest BCUT2D eigenvalue weighted by atomic mass is 32.2. The van der Waals surface area contributed by atoms with Gasteiger partial charge in [-0.2, -0.15) is 0 Å². The highest BCUT2D eigenvalue weighted by molar-refractivity contribution is 7.99. The second-order valence-corrected chi connectivity index (χ2v) is 6.30. The van der Waals surface area contributed by atoms with Gasteiger partial charge in [0.25, 0.3) is 5.91 Å². The second-order valence-electron chi connectivity index (χ2n) is 5.32. The van der Waals surface area contributed by atoms with Crippen molar-refractivity contribution in [1.82, 2.24) is 30.4 Å². The molecule has 2 heterocycles. The Hall–Kier alpha value is -2.81. The van der Waals surface area contributed by atoms with Crippen molar-refractivity contribution in [1.29, 1.82) is 0 Å². The summed E-state index contributed by atoms with van der Waals surface area (Å²) in [6.45, 7) is 0. The summed E-state index contributed by atoms with van der Waals surface area (Å²) in [7, 11) is 0. The Bertz CT molecular complexity index is 846. The van der Waals surface area contributed by atoms with E-state index in [9.17, 15) is 4.79 Å². The predicted octanol–water partition coefficient (Wildman–Crippen LogP) is 2.20. The Morgan fingerprint density at radius 1 is 1.08 bits per heavy atom. The molecule has 120 valence electrons. The lowest BCUT2D eigenvalue weighted by Gasteiger charge is -2.04. The van der Waals surface area contributed by atoms with E-state index in [-0.39, 0.29) is 11.6 Å². The molecule has 1 aliphatic carbocycles. The quantitative estimate of drug-likeness (QED) is 0.761. The normalized spacial score (nSPS) is 13.7. The van der Waals surface area contributed by atoms with Crippen LogP contribution in [0.1, 0.15) is 29.4 Å². The van der Waals surface area contributed by atoms with Crippen LogP contribution in [0.3, 0.4) is 0 Å². The van der Waals surface area contributed by atoms with Crippen molar-refractivity contribution in [2.75, 3.05) is 5.32 Å². The molecule has 9 heteroatoms. The molecule has 1 aliphatic rings. The highest BCUT2D eigenvalue weighted by Gasteiger charge is 2.28. The van der Waals surface area contributed by atoms with Crippen LogP contribution in [0, 0.1) is 0 Å². The van der Waals surface area contributed by atoms with Gasteiger partial charge >= 0.3 is 0 Å². The van der Waals surface area contributed by atoms with Gasteiger partial charge in [0, 0.05) is 5.69 Å². The van der Waals surface area contributed by atoms with Gasteiger partial charge in [-0.3, -0.25) is 4.79 Å². The van der Waals surface area contributed by atoms with Crippen LogP contribution in [0.5, 0.6) is 0 Å². The number of amides is 1. The molecule has 0 bridgehead atoms. The zero-order chi connectivity index (χ0) is 16.4. The standard InChI is InChI=1S/C15H13N7OS/c23-14(16-10-4-2-1-3-5-10)12-8-9-13(18-17-12)24-15-19-20-21-22(15)11-6-7-11/h1-5,8-9,11H,6-7H2,(H,16,23). The van der Waals surface area contributed by atoms with Gasteiger partial charge in [0.1, 0.15) is 5.03 Å². The number of hydrogen-bond acceptors (Lipinski definition) is 7. The Morgan fingerprint density at radius 3 is 2.62 bits per heavy atom. The highest BCUT2D eigenvalue weighted by Crippen LogP contribution is 2.37. The Labute approximate surface area is 141 Å². The molecule has 1 fully saturated rings. The van der Waals surface area contributed by atoms with Gasteiger partial charge < -0.3 is 5.32 Å². The molecule has 0 atom stereocenters. The van der Waals surface area contributed by atoms with Crippen molar-refractivity contribution in [3.05, 3.63) is 48.2 Å². The molecule has 3 aromatic rings. The maximum Gasteiger partial charge on any atom is 0.276 e. The fourth-order valence-corrected chi connectivity index (χ4v) is 2.87. The summed E-state index contributed by atoms with van der Waals surface area (Å²) in [5.74, 6) is -0.298. The molecule has 1 saturated carbocycles. The van der Waals surface area contributed by atoms with Crippen LogP contribution in [0.15, 0.2) is 52.6 Å². The fraction of sp³-hybridized carbons (Fsp3) is 0.200. The maximum atomic E-state index is 12.1. The number of aromatic nitrogens is 6. The molecule has 0 aliphatic heterocycles. The molecular formula is C15H13N7OS. The number of carbonyl (C=O) groups excluding carboxylic acids is 1. The molecule has 24 heavy (non-hydrogen) atoms. The van der Waals surface area contributed by atoms with Gasteiger partial charge in [-0.1, -0.05) is 18.2 Å². The van der Waals surface area contributed by atoms with Crippen LogP contribution in [0.2, 0.25) is 0 Å². The second kappa shape index (κ2) is 6.36. The van der Waals surface area contributed by atoms with E-state index in [1.54, 1.807) is 12.1 Å². The van der Waals surface area contributed by atoms with Crippen molar-refractivity contribution in [3.8, 4) is 0 Å². The first-order chi connectivity index (χ1) is 11.8. The van der Waals surface area contributed by atoms with Crippen molar-refractivity contribution >= 4 is 23.4 Å². The molecule has 0 unspecified atom stereocenters. The molecular weight excluding hydrogens is 326 g/mol. The summed E-state index contributed by atoms with van der Waals surface area (Å²) in [4.78, 5) is 12.1. The first-order valence-electron chi connectivity index (χ1n) is 7.45. The van der Waals surface area contributed by atoms with E-state index in [4.69, 9.17) is 0 Å². The predicted molar refractivity (Wildman–Crippen MR) is 86.6 cm³/mol. The summed E-state index contributed by atoms with van der Waals surface area (Å²) in [6.07, 6.45) is 2.20. The lowest BCUT2D eigenvalue weighted by Crippen LogP contribution is -2.14. The van der Waals surface area contributed by atoms with E-state index in [0.717, 1.165) is 12.8 Å². The zero-order valence-electron chi connectivity index (χ0n) is 12.5. The summed E-state index contributed by atoms with van der Waals surface area (Å²) in [5, 5.41) is 23.9. The maximum absolute atomic E-state index is 12.1. The number of tetrazole rings is 1. The van der Waals surface area contributed by atoms with Crippen LogP contribution in [-0.2, 0) is 0 Å². The van der Waals surface area contributed by atoms with Crippen molar-refractivity contribution in [3.63, 3.8) is 0 Å². The van der Waals surface area contributed by atoms with Crippen molar-refractivity contribution < 1.29 is 4.79 Å². The number of benzene rings is 1. The van der Waals surface area contributed by atoms with Gasteiger partial charge in [-0.25, -0.2) is 4.68 Å². The molecule has 1 N–H and O–H groups in total. The van der Waals surface area contributed by atoms with Gasteiger partial charge in [0.05, 0.1) is 6.04 Å². The Balaban J connectivity index is 1.44. The molecule has 0 radical (unpaired) electrons. The minimum absolute atomic E-state index is 0.255. The van der Waals surface area contributed by atoms with Gasteiger partial charge in [-0.15, -0.1) is 15.3 Å². The molecule has 8 nitrogen and oxygen atoms in total. The molecule has 4 rings (SSSR count). The smallest absolute Gasteiger partial charge is 0.276 e. The molecule has 0 spiro atoms. The van der Waals surface area contributed by atoms with E-state index in [1.165, 1.54) is 11.8 Å². The summed E-state index contributed by atoms with van der Waals surface area (Å²) < 4.78 is 1.81. The molecule has 1 aromatic carbocycles. The molecule has 0 saturated heterocycles. The number of rotatable bonds is 5. The SMILES string of the molecule is O=C(Nc1ccccc1)c1ccc(Sc2nnnn2C2CC2)nn1. The molecule has 1 amide bonds. The van der Waals surface area contributed by atoms with Gasteiger partial charge in [0.15, 0.2) is 5.69 Å². The average molecular weight is 339 g/mol. The van der Waals surface area contributed by atoms with Crippen LogP contribution < -0.4 is 5.32 Å².